The summed E-state index contributed by atoms with van der Waals surface area (Å²) >= 11 is 4.39. The minimum Gasteiger partial charge on any atom is -0.444 e. The van der Waals surface area contributed by atoms with E-state index < -0.39 is 23.8 Å². The molecule has 0 heterocycles. The number of hydrogen-bond donors (Lipinski definition) is 3. The highest BCUT2D eigenvalue weighted by atomic mass is 32.1. The van der Waals surface area contributed by atoms with Crippen LogP contribution in [0.15, 0.2) is 18.2 Å². The monoisotopic (exact) mass is 549 g/mol. The first-order valence-electron chi connectivity index (χ1n) is 14.0. The lowest BCUT2D eigenvalue weighted by molar-refractivity contribution is -0.144. The number of amides is 3. The summed E-state index contributed by atoms with van der Waals surface area (Å²) in [5, 5.41) is 5.77. The van der Waals surface area contributed by atoms with Gasteiger partial charge in [0.25, 0.3) is 0 Å². The summed E-state index contributed by atoms with van der Waals surface area (Å²) in [6.45, 7) is 18.2. The van der Waals surface area contributed by atoms with Crippen molar-refractivity contribution in [2.45, 2.75) is 118 Å². The number of alkyl carbamates (subject to hydrolysis) is 1. The third-order valence-corrected chi connectivity index (χ3v) is 6.75. The molecule has 0 fully saturated rings. The highest BCUT2D eigenvalue weighted by Gasteiger charge is 2.39. The number of carbonyl (C=O) groups excluding carboxylic acids is 3. The van der Waals surface area contributed by atoms with Gasteiger partial charge in [0.05, 0.1) is 0 Å². The molecule has 0 aliphatic carbocycles. The predicted octanol–water partition coefficient (Wildman–Crippen LogP) is 6.13. The van der Waals surface area contributed by atoms with Gasteiger partial charge in [0.1, 0.15) is 17.7 Å². The summed E-state index contributed by atoms with van der Waals surface area (Å²) < 4.78 is 5.41. The lowest BCUT2D eigenvalue weighted by Gasteiger charge is -2.39. The van der Waals surface area contributed by atoms with E-state index in [0.29, 0.717) is 12.5 Å². The number of hydrogen-bond acceptors (Lipinski definition) is 5. The second kappa shape index (κ2) is 16.0. The SMILES string of the molecule is CCCCCNC(=O)C(c1ccc(C)cc1C)N(C(=O)C(CS)NC(=O)OC(C)(C)C)C(C)CCC(C)C. The fourth-order valence-electron chi connectivity index (χ4n) is 4.36. The Hall–Kier alpha value is -2.22. The Morgan fingerprint density at radius 3 is 2.24 bits per heavy atom. The summed E-state index contributed by atoms with van der Waals surface area (Å²) in [5.74, 6) is -0.0513. The molecule has 0 bridgehead atoms. The van der Waals surface area contributed by atoms with Gasteiger partial charge in [-0.3, -0.25) is 9.59 Å². The minimum atomic E-state index is -0.948. The van der Waals surface area contributed by atoms with Gasteiger partial charge < -0.3 is 20.3 Å². The Balaban J connectivity index is 3.53. The summed E-state index contributed by atoms with van der Waals surface area (Å²) in [6, 6.07) is 3.90. The van der Waals surface area contributed by atoms with Gasteiger partial charge in [-0.1, -0.05) is 57.4 Å². The highest BCUT2D eigenvalue weighted by molar-refractivity contribution is 7.80. The third-order valence-electron chi connectivity index (χ3n) is 6.39. The second-order valence-corrected chi connectivity index (χ2v) is 12.1. The van der Waals surface area contributed by atoms with Crippen molar-refractivity contribution in [2.24, 2.45) is 5.92 Å². The molecule has 0 aliphatic heterocycles. The van der Waals surface area contributed by atoms with Gasteiger partial charge in [-0.2, -0.15) is 12.6 Å². The summed E-state index contributed by atoms with van der Waals surface area (Å²) in [4.78, 5) is 42.2. The van der Waals surface area contributed by atoms with Gasteiger partial charge in [0.15, 0.2) is 0 Å². The lowest BCUT2D eigenvalue weighted by atomic mass is 9.94. The summed E-state index contributed by atoms with van der Waals surface area (Å²) in [6.07, 6.45) is 3.87. The van der Waals surface area contributed by atoms with Crippen LogP contribution in [-0.4, -0.2) is 52.8 Å². The van der Waals surface area contributed by atoms with Crippen molar-refractivity contribution in [3.05, 3.63) is 34.9 Å². The number of ether oxygens (including phenoxy) is 1. The number of unbranched alkanes of at least 4 members (excludes halogenated alkanes) is 2. The maximum absolute atomic E-state index is 14.2. The molecule has 216 valence electrons. The number of aryl methyl sites for hydroxylation is 2. The van der Waals surface area contributed by atoms with Crippen molar-refractivity contribution < 1.29 is 19.1 Å². The van der Waals surface area contributed by atoms with Gasteiger partial charge in [-0.05, 0) is 77.8 Å². The maximum atomic E-state index is 14.2. The Labute approximate surface area is 236 Å². The van der Waals surface area contributed by atoms with Crippen LogP contribution in [0.2, 0.25) is 0 Å². The molecule has 38 heavy (non-hydrogen) atoms. The predicted molar refractivity (Wildman–Crippen MR) is 159 cm³/mol. The first-order valence-corrected chi connectivity index (χ1v) is 14.6. The first kappa shape index (κ1) is 33.8. The molecular formula is C30H51N3O4S. The normalized spacial score (nSPS) is 14.0. The molecule has 1 aromatic rings. The van der Waals surface area contributed by atoms with E-state index in [9.17, 15) is 14.4 Å². The largest absolute Gasteiger partial charge is 0.444 e. The molecule has 3 unspecified atom stereocenters. The zero-order valence-corrected chi connectivity index (χ0v) is 25.9. The van der Waals surface area contributed by atoms with Crippen LogP contribution in [0.1, 0.15) is 103 Å². The fourth-order valence-corrected chi connectivity index (χ4v) is 4.61. The molecule has 8 heteroatoms. The Morgan fingerprint density at radius 1 is 1.05 bits per heavy atom. The van der Waals surface area contributed by atoms with Gasteiger partial charge >= 0.3 is 6.09 Å². The van der Waals surface area contributed by atoms with Crippen LogP contribution in [0.3, 0.4) is 0 Å². The Bertz CT molecular complexity index is 913. The van der Waals surface area contributed by atoms with Gasteiger partial charge in [-0.15, -0.1) is 0 Å². The number of nitrogens with zero attached hydrogens (tertiary/aromatic N) is 1. The molecule has 1 aromatic carbocycles. The maximum Gasteiger partial charge on any atom is 0.408 e. The third kappa shape index (κ3) is 11.3. The smallest absolute Gasteiger partial charge is 0.408 e. The number of rotatable bonds is 14. The van der Waals surface area contributed by atoms with E-state index in [0.717, 1.165) is 48.8 Å². The summed E-state index contributed by atoms with van der Waals surface area (Å²) in [7, 11) is 0. The topological polar surface area (TPSA) is 87.7 Å². The van der Waals surface area contributed by atoms with Gasteiger partial charge in [0.2, 0.25) is 11.8 Å². The van der Waals surface area contributed by atoms with Crippen LogP contribution in [0.25, 0.3) is 0 Å². The average molecular weight is 550 g/mol. The molecule has 7 nitrogen and oxygen atoms in total. The van der Waals surface area contributed by atoms with Gasteiger partial charge in [-0.25, -0.2) is 4.79 Å². The van der Waals surface area contributed by atoms with Crippen LogP contribution >= 0.6 is 12.6 Å². The Kier molecular flexibility index (Phi) is 14.2. The number of nitrogens with one attached hydrogen (secondary N) is 2. The van der Waals surface area contributed by atoms with Crippen molar-refractivity contribution >= 4 is 30.5 Å². The Morgan fingerprint density at radius 2 is 1.71 bits per heavy atom. The van der Waals surface area contributed by atoms with Crippen molar-refractivity contribution in [1.82, 2.24) is 15.5 Å². The van der Waals surface area contributed by atoms with E-state index >= 15 is 0 Å². The molecule has 0 aromatic heterocycles. The molecule has 0 spiro atoms. The van der Waals surface area contributed by atoms with E-state index in [1.165, 1.54) is 0 Å². The lowest BCUT2D eigenvalue weighted by Crippen LogP contribution is -2.56. The van der Waals surface area contributed by atoms with Crippen molar-refractivity contribution in [2.75, 3.05) is 12.3 Å². The van der Waals surface area contributed by atoms with Crippen LogP contribution in [-0.2, 0) is 14.3 Å². The van der Waals surface area contributed by atoms with Crippen LogP contribution in [0, 0.1) is 19.8 Å². The number of benzene rings is 1. The second-order valence-electron chi connectivity index (χ2n) is 11.7. The number of carbonyl (C=O) groups is 3. The zero-order valence-electron chi connectivity index (χ0n) is 25.0. The molecular weight excluding hydrogens is 498 g/mol. The van der Waals surface area contributed by atoms with Crippen LogP contribution in [0.5, 0.6) is 0 Å². The zero-order chi connectivity index (χ0) is 29.0. The molecule has 0 saturated carbocycles. The first-order chi connectivity index (χ1) is 17.7. The molecule has 0 aliphatic rings. The molecule has 2 N–H and O–H groups in total. The van der Waals surface area contributed by atoms with E-state index in [1.54, 1.807) is 25.7 Å². The molecule has 0 saturated heterocycles. The standard InChI is InChI=1S/C30H51N3O4S/c1-10-11-12-17-31-27(34)26(24-16-14-21(4)18-22(24)5)33(23(6)15-13-20(2)3)28(35)25(19-38)32-29(36)37-30(7,8)9/h14,16,18,20,23,25-26,38H,10-13,15,17,19H2,1-9H3,(H,31,34)(H,32,36). The minimum absolute atomic E-state index is 0.0726. The fraction of sp³-hybridized carbons (Fsp3) is 0.700. The van der Waals surface area contributed by atoms with E-state index in [4.69, 9.17) is 4.74 Å². The van der Waals surface area contributed by atoms with Crippen LogP contribution < -0.4 is 10.6 Å². The van der Waals surface area contributed by atoms with E-state index in [-0.39, 0.29) is 23.6 Å². The quantitative estimate of drug-likeness (QED) is 0.193. The van der Waals surface area contributed by atoms with Gasteiger partial charge in [0, 0.05) is 18.3 Å². The van der Waals surface area contributed by atoms with Crippen molar-refractivity contribution in [3.8, 4) is 0 Å². The molecule has 3 atom stereocenters. The van der Waals surface area contributed by atoms with E-state index in [2.05, 4.69) is 44.0 Å². The van der Waals surface area contributed by atoms with Crippen LogP contribution in [0.4, 0.5) is 4.79 Å². The van der Waals surface area contributed by atoms with Crippen molar-refractivity contribution in [3.63, 3.8) is 0 Å². The number of thiol groups is 1. The highest BCUT2D eigenvalue weighted by Crippen LogP contribution is 2.30. The molecule has 3 amide bonds. The molecule has 1 rings (SSSR count). The van der Waals surface area contributed by atoms with E-state index in [1.807, 2.05) is 39.0 Å². The average Bonchev–Trinajstić information content (AvgIpc) is 2.81. The van der Waals surface area contributed by atoms with Crippen molar-refractivity contribution in [1.29, 1.82) is 0 Å². The molecule has 0 radical (unpaired) electrons. The summed E-state index contributed by atoms with van der Waals surface area (Å²) in [5.41, 5.74) is 2.09.